The Kier molecular flexibility index (Phi) is 7.02. The highest BCUT2D eigenvalue weighted by molar-refractivity contribution is 6.05. The van der Waals surface area contributed by atoms with Crippen LogP contribution >= 0.6 is 0 Å². The van der Waals surface area contributed by atoms with E-state index >= 15 is 0 Å². The average molecular weight is 284 g/mol. The van der Waals surface area contributed by atoms with E-state index in [1.165, 1.54) is 12.0 Å². The Hall–Kier alpha value is -2.29. The number of nitrogens with two attached hydrogens (primary N) is 1. The standard InChI is InChI=1S/C15H16N2O.C3H8/c1-2-11-7-9-12(10-8-11)15(18)17-14-6-4-3-5-13(14)16;1-3-2/h3-10H,2,16H2,1H3,(H,17,18);3H2,1-2H3. The van der Waals surface area contributed by atoms with Crippen LogP contribution in [0.3, 0.4) is 0 Å². The third-order valence-electron chi connectivity index (χ3n) is 2.83. The van der Waals surface area contributed by atoms with E-state index < -0.39 is 0 Å². The molecule has 0 spiro atoms. The van der Waals surface area contributed by atoms with E-state index in [-0.39, 0.29) is 5.91 Å². The summed E-state index contributed by atoms with van der Waals surface area (Å²) in [6.07, 6.45) is 2.22. The van der Waals surface area contributed by atoms with Crippen molar-refractivity contribution in [2.75, 3.05) is 11.1 Å². The monoisotopic (exact) mass is 284 g/mol. The maximum Gasteiger partial charge on any atom is 0.255 e. The molecule has 0 radical (unpaired) electrons. The van der Waals surface area contributed by atoms with E-state index in [0.29, 0.717) is 16.9 Å². The molecule has 2 aromatic carbocycles. The summed E-state index contributed by atoms with van der Waals surface area (Å²) < 4.78 is 0. The predicted octanol–water partition coefficient (Wildman–Crippen LogP) is 4.50. The maximum absolute atomic E-state index is 12.0. The molecule has 0 atom stereocenters. The van der Waals surface area contributed by atoms with Gasteiger partial charge in [0.2, 0.25) is 0 Å². The number of aryl methyl sites for hydroxylation is 1. The van der Waals surface area contributed by atoms with Gasteiger partial charge in [-0.2, -0.15) is 0 Å². The van der Waals surface area contributed by atoms with E-state index in [1.807, 2.05) is 36.4 Å². The van der Waals surface area contributed by atoms with Crippen molar-refractivity contribution in [2.45, 2.75) is 33.6 Å². The summed E-state index contributed by atoms with van der Waals surface area (Å²) in [5.41, 5.74) is 8.83. The van der Waals surface area contributed by atoms with Crippen LogP contribution in [0.2, 0.25) is 0 Å². The van der Waals surface area contributed by atoms with Gasteiger partial charge < -0.3 is 11.1 Å². The minimum Gasteiger partial charge on any atom is -0.397 e. The van der Waals surface area contributed by atoms with Crippen LogP contribution in [0, 0.1) is 0 Å². The fourth-order valence-electron chi connectivity index (χ4n) is 1.70. The Morgan fingerprint density at radius 1 is 1.00 bits per heavy atom. The van der Waals surface area contributed by atoms with Gasteiger partial charge in [-0.3, -0.25) is 4.79 Å². The maximum atomic E-state index is 12.0. The van der Waals surface area contributed by atoms with Crippen LogP contribution in [-0.2, 0) is 6.42 Å². The normalized spacial score (nSPS) is 9.48. The van der Waals surface area contributed by atoms with Crippen LogP contribution in [-0.4, -0.2) is 5.91 Å². The van der Waals surface area contributed by atoms with Crippen molar-refractivity contribution in [2.24, 2.45) is 0 Å². The second-order valence-electron chi connectivity index (χ2n) is 4.80. The van der Waals surface area contributed by atoms with Crippen LogP contribution in [0.1, 0.15) is 43.1 Å². The quantitative estimate of drug-likeness (QED) is 0.815. The van der Waals surface area contributed by atoms with Crippen molar-refractivity contribution in [3.05, 3.63) is 59.7 Å². The van der Waals surface area contributed by atoms with Crippen LogP contribution < -0.4 is 11.1 Å². The average Bonchev–Trinajstić information content (AvgIpc) is 2.50. The highest BCUT2D eigenvalue weighted by Crippen LogP contribution is 2.18. The largest absolute Gasteiger partial charge is 0.397 e. The second-order valence-corrected chi connectivity index (χ2v) is 4.80. The summed E-state index contributed by atoms with van der Waals surface area (Å²) >= 11 is 0. The first-order valence-corrected chi connectivity index (χ1v) is 7.37. The highest BCUT2D eigenvalue weighted by Gasteiger charge is 2.07. The van der Waals surface area contributed by atoms with Gasteiger partial charge in [0.15, 0.2) is 0 Å². The highest BCUT2D eigenvalue weighted by atomic mass is 16.1. The zero-order valence-corrected chi connectivity index (χ0v) is 13.0. The molecule has 0 bridgehead atoms. The molecule has 2 aromatic rings. The summed E-state index contributed by atoms with van der Waals surface area (Å²) in [6, 6.07) is 14.8. The number of rotatable bonds is 3. The van der Waals surface area contributed by atoms with Crippen molar-refractivity contribution in [3.63, 3.8) is 0 Å². The molecule has 0 aliphatic heterocycles. The second kappa shape index (κ2) is 8.80. The number of nitrogens with one attached hydrogen (secondary N) is 1. The fourth-order valence-corrected chi connectivity index (χ4v) is 1.70. The van der Waals surface area contributed by atoms with E-state index in [0.717, 1.165) is 6.42 Å². The van der Waals surface area contributed by atoms with Gasteiger partial charge >= 0.3 is 0 Å². The van der Waals surface area contributed by atoms with Crippen LogP contribution in [0.5, 0.6) is 0 Å². The summed E-state index contributed by atoms with van der Waals surface area (Å²) in [6.45, 7) is 6.33. The Bertz CT molecular complexity index is 562. The van der Waals surface area contributed by atoms with E-state index in [9.17, 15) is 4.79 Å². The number of anilines is 2. The molecule has 0 aromatic heterocycles. The first-order valence-electron chi connectivity index (χ1n) is 7.37. The molecular formula is C18H24N2O. The molecule has 0 aliphatic carbocycles. The first-order chi connectivity index (χ1) is 10.1. The van der Waals surface area contributed by atoms with Gasteiger partial charge in [0.1, 0.15) is 0 Å². The topological polar surface area (TPSA) is 55.1 Å². The van der Waals surface area contributed by atoms with E-state index in [2.05, 4.69) is 26.1 Å². The minimum atomic E-state index is -0.143. The number of hydrogen-bond donors (Lipinski definition) is 2. The SMILES string of the molecule is CCC.CCc1ccc(C(=O)Nc2ccccc2N)cc1. The van der Waals surface area contributed by atoms with Crippen molar-refractivity contribution in [1.29, 1.82) is 0 Å². The smallest absolute Gasteiger partial charge is 0.255 e. The molecule has 0 aliphatic rings. The number of carbonyl (C=O) groups is 1. The van der Waals surface area contributed by atoms with Crippen molar-refractivity contribution < 1.29 is 4.79 Å². The zero-order chi connectivity index (χ0) is 15.7. The number of amides is 1. The van der Waals surface area contributed by atoms with Gasteiger partial charge in [0.05, 0.1) is 11.4 Å². The van der Waals surface area contributed by atoms with Gasteiger partial charge in [-0.25, -0.2) is 0 Å². The van der Waals surface area contributed by atoms with Gasteiger partial charge in [0.25, 0.3) is 5.91 Å². The summed E-state index contributed by atoms with van der Waals surface area (Å²) in [5, 5.41) is 2.80. The Morgan fingerprint density at radius 2 is 1.57 bits per heavy atom. The lowest BCUT2D eigenvalue weighted by Gasteiger charge is -2.08. The number of carbonyl (C=O) groups excluding carboxylic acids is 1. The summed E-state index contributed by atoms with van der Waals surface area (Å²) in [5.74, 6) is -0.143. The number of benzene rings is 2. The lowest BCUT2D eigenvalue weighted by Crippen LogP contribution is -2.13. The molecule has 0 heterocycles. The number of nitrogen functional groups attached to an aromatic ring is 1. The van der Waals surface area contributed by atoms with Crippen molar-refractivity contribution in [1.82, 2.24) is 0 Å². The molecule has 0 unspecified atom stereocenters. The van der Waals surface area contributed by atoms with E-state index in [4.69, 9.17) is 5.73 Å². The molecule has 0 saturated carbocycles. The molecule has 3 N–H and O–H groups in total. The minimum absolute atomic E-state index is 0.143. The molecule has 2 rings (SSSR count). The Balaban J connectivity index is 0.000000677. The summed E-state index contributed by atoms with van der Waals surface area (Å²) in [4.78, 5) is 12.0. The Labute approximate surface area is 127 Å². The van der Waals surface area contributed by atoms with E-state index in [1.54, 1.807) is 12.1 Å². The molecule has 0 saturated heterocycles. The third kappa shape index (κ3) is 5.30. The molecule has 0 fully saturated rings. The molecule has 3 heteroatoms. The van der Waals surface area contributed by atoms with Gasteiger partial charge in [-0.05, 0) is 36.2 Å². The third-order valence-corrected chi connectivity index (χ3v) is 2.83. The van der Waals surface area contributed by atoms with Gasteiger partial charge in [-0.1, -0.05) is 51.5 Å². The Morgan fingerprint density at radius 3 is 2.10 bits per heavy atom. The molecule has 1 amide bonds. The fraction of sp³-hybridized carbons (Fsp3) is 0.278. The van der Waals surface area contributed by atoms with Crippen LogP contribution in [0.15, 0.2) is 48.5 Å². The number of para-hydroxylation sites is 2. The van der Waals surface area contributed by atoms with Crippen LogP contribution in [0.25, 0.3) is 0 Å². The molecule has 21 heavy (non-hydrogen) atoms. The van der Waals surface area contributed by atoms with Crippen molar-refractivity contribution in [3.8, 4) is 0 Å². The van der Waals surface area contributed by atoms with Crippen LogP contribution in [0.4, 0.5) is 11.4 Å². The molecule has 112 valence electrons. The first kappa shape index (κ1) is 16.8. The predicted molar refractivity (Wildman–Crippen MR) is 90.6 cm³/mol. The molecule has 3 nitrogen and oxygen atoms in total. The summed E-state index contributed by atoms with van der Waals surface area (Å²) in [7, 11) is 0. The molecular weight excluding hydrogens is 260 g/mol. The van der Waals surface area contributed by atoms with Crippen molar-refractivity contribution >= 4 is 17.3 Å². The van der Waals surface area contributed by atoms with Gasteiger partial charge in [0, 0.05) is 5.56 Å². The number of hydrogen-bond acceptors (Lipinski definition) is 2. The lowest BCUT2D eigenvalue weighted by molar-refractivity contribution is 0.102. The zero-order valence-electron chi connectivity index (χ0n) is 13.0. The van der Waals surface area contributed by atoms with Gasteiger partial charge in [-0.15, -0.1) is 0 Å². The lowest BCUT2D eigenvalue weighted by atomic mass is 10.1.